The molecule has 0 aromatic heterocycles. The Morgan fingerprint density at radius 1 is 1.07 bits per heavy atom. The van der Waals surface area contributed by atoms with E-state index in [1.165, 1.54) is 21.7 Å². The number of carbonyl (C=O) groups excluding carboxylic acids is 1. The number of carbonyl (C=O) groups is 1. The third-order valence-electron chi connectivity index (χ3n) is 5.49. The van der Waals surface area contributed by atoms with Gasteiger partial charge in [0.25, 0.3) is 5.91 Å². The van der Waals surface area contributed by atoms with Gasteiger partial charge in [-0.15, -0.1) is 0 Å². The van der Waals surface area contributed by atoms with E-state index in [-0.39, 0.29) is 11.9 Å². The van der Waals surface area contributed by atoms with Crippen LogP contribution in [-0.4, -0.2) is 27.1 Å². The van der Waals surface area contributed by atoms with Crippen molar-refractivity contribution in [1.82, 2.24) is 5.32 Å². The SMILES string of the molecule is CS(=O)(=O)N1CCCc2cc(C(=O)NC3CCCc4ccccc43)ccc21. The second-order valence-corrected chi connectivity index (χ2v) is 9.31. The monoisotopic (exact) mass is 384 g/mol. The summed E-state index contributed by atoms with van der Waals surface area (Å²) in [6, 6.07) is 13.7. The van der Waals surface area contributed by atoms with Crippen molar-refractivity contribution in [3.05, 3.63) is 64.7 Å². The zero-order chi connectivity index (χ0) is 19.0. The molecule has 2 aliphatic rings. The summed E-state index contributed by atoms with van der Waals surface area (Å²) in [5.41, 5.74) is 4.72. The molecule has 4 rings (SSSR count). The van der Waals surface area contributed by atoms with Crippen molar-refractivity contribution in [2.45, 2.75) is 38.1 Å². The molecule has 1 aliphatic heterocycles. The third-order valence-corrected chi connectivity index (χ3v) is 6.67. The lowest BCUT2D eigenvalue weighted by Gasteiger charge is -2.30. The van der Waals surface area contributed by atoms with E-state index in [0.717, 1.165) is 37.7 Å². The fourth-order valence-corrected chi connectivity index (χ4v) is 5.19. The van der Waals surface area contributed by atoms with Crippen LogP contribution >= 0.6 is 0 Å². The molecule has 1 amide bonds. The zero-order valence-corrected chi connectivity index (χ0v) is 16.3. The number of nitrogens with zero attached hydrogens (tertiary/aromatic N) is 1. The second kappa shape index (κ2) is 7.00. The molecule has 2 aromatic rings. The molecular formula is C21H24N2O3S. The predicted octanol–water partition coefficient (Wildman–Crippen LogP) is 3.21. The number of anilines is 1. The third kappa shape index (κ3) is 3.58. The van der Waals surface area contributed by atoms with E-state index in [9.17, 15) is 13.2 Å². The van der Waals surface area contributed by atoms with Gasteiger partial charge >= 0.3 is 0 Å². The normalized spacial score (nSPS) is 19.1. The maximum absolute atomic E-state index is 12.8. The van der Waals surface area contributed by atoms with Crippen LogP contribution < -0.4 is 9.62 Å². The summed E-state index contributed by atoms with van der Waals surface area (Å²) in [7, 11) is -3.30. The Morgan fingerprint density at radius 2 is 1.85 bits per heavy atom. The average molecular weight is 385 g/mol. The maximum atomic E-state index is 12.8. The van der Waals surface area contributed by atoms with Crippen molar-refractivity contribution in [2.75, 3.05) is 17.1 Å². The molecule has 5 nitrogen and oxygen atoms in total. The highest BCUT2D eigenvalue weighted by Crippen LogP contribution is 2.32. The van der Waals surface area contributed by atoms with Gasteiger partial charge in [-0.25, -0.2) is 8.42 Å². The first kappa shape index (κ1) is 18.0. The standard InChI is InChI=1S/C21H24N2O3S/c1-27(25,26)23-13-5-8-16-14-17(11-12-20(16)23)21(24)22-19-10-4-7-15-6-2-3-9-18(15)19/h2-3,6,9,11-12,14,19H,4-5,7-8,10,13H2,1H3,(H,22,24). The highest BCUT2D eigenvalue weighted by molar-refractivity contribution is 7.92. The minimum absolute atomic E-state index is 0.0333. The van der Waals surface area contributed by atoms with Crippen LogP contribution in [0.5, 0.6) is 0 Å². The molecule has 27 heavy (non-hydrogen) atoms. The van der Waals surface area contributed by atoms with Crippen molar-refractivity contribution < 1.29 is 13.2 Å². The van der Waals surface area contributed by atoms with E-state index in [0.29, 0.717) is 17.8 Å². The van der Waals surface area contributed by atoms with Crippen molar-refractivity contribution >= 4 is 21.6 Å². The van der Waals surface area contributed by atoms with Gasteiger partial charge in [0, 0.05) is 12.1 Å². The van der Waals surface area contributed by atoms with Crippen LogP contribution in [0.4, 0.5) is 5.69 Å². The second-order valence-electron chi connectivity index (χ2n) is 7.40. The Balaban J connectivity index is 1.57. The molecular weight excluding hydrogens is 360 g/mol. The van der Waals surface area contributed by atoms with Gasteiger partial charge in [0.2, 0.25) is 10.0 Å². The van der Waals surface area contributed by atoms with Crippen molar-refractivity contribution in [1.29, 1.82) is 0 Å². The van der Waals surface area contributed by atoms with Crippen LogP contribution in [0.15, 0.2) is 42.5 Å². The summed E-state index contributed by atoms with van der Waals surface area (Å²) in [4.78, 5) is 12.8. The molecule has 6 heteroatoms. The van der Waals surface area contributed by atoms with Gasteiger partial charge in [0.15, 0.2) is 0 Å². The number of fused-ring (bicyclic) bond motifs is 2. The number of hydrogen-bond acceptors (Lipinski definition) is 3. The molecule has 1 aliphatic carbocycles. The summed E-state index contributed by atoms with van der Waals surface area (Å²) >= 11 is 0. The van der Waals surface area contributed by atoms with E-state index in [1.807, 2.05) is 18.2 Å². The molecule has 142 valence electrons. The molecule has 1 N–H and O–H groups in total. The Labute approximate surface area is 160 Å². The Kier molecular flexibility index (Phi) is 4.68. The van der Waals surface area contributed by atoms with Gasteiger partial charge in [-0.3, -0.25) is 9.10 Å². The van der Waals surface area contributed by atoms with Crippen LogP contribution in [0.25, 0.3) is 0 Å². The Bertz CT molecular complexity index is 985. The maximum Gasteiger partial charge on any atom is 0.251 e. The fraction of sp³-hybridized carbons (Fsp3) is 0.381. The minimum Gasteiger partial charge on any atom is -0.345 e. The number of hydrogen-bond donors (Lipinski definition) is 1. The summed E-state index contributed by atoms with van der Waals surface area (Å²) in [5, 5.41) is 3.17. The number of amides is 1. The number of sulfonamides is 1. The van der Waals surface area contributed by atoms with Crippen LogP contribution in [-0.2, 0) is 22.9 Å². The van der Waals surface area contributed by atoms with Crippen LogP contribution in [0, 0.1) is 0 Å². The number of benzene rings is 2. The zero-order valence-electron chi connectivity index (χ0n) is 15.4. The van der Waals surface area contributed by atoms with Crippen molar-refractivity contribution in [3.8, 4) is 0 Å². The van der Waals surface area contributed by atoms with Gasteiger partial charge in [-0.1, -0.05) is 24.3 Å². The first-order valence-corrected chi connectivity index (χ1v) is 11.3. The van der Waals surface area contributed by atoms with Crippen molar-refractivity contribution in [3.63, 3.8) is 0 Å². The summed E-state index contributed by atoms with van der Waals surface area (Å²) in [5.74, 6) is -0.101. The van der Waals surface area contributed by atoms with Gasteiger partial charge < -0.3 is 5.32 Å². The van der Waals surface area contributed by atoms with Crippen LogP contribution in [0.2, 0.25) is 0 Å². The van der Waals surface area contributed by atoms with Gasteiger partial charge in [0.05, 0.1) is 18.0 Å². The fourth-order valence-electron chi connectivity index (χ4n) is 4.19. The van der Waals surface area contributed by atoms with E-state index < -0.39 is 10.0 Å². The van der Waals surface area contributed by atoms with E-state index in [1.54, 1.807) is 12.1 Å². The Hall–Kier alpha value is -2.34. The first-order valence-electron chi connectivity index (χ1n) is 9.43. The van der Waals surface area contributed by atoms with Gasteiger partial charge in [-0.2, -0.15) is 0 Å². The highest BCUT2D eigenvalue weighted by Gasteiger charge is 2.26. The predicted molar refractivity (Wildman–Crippen MR) is 107 cm³/mol. The molecule has 1 heterocycles. The highest BCUT2D eigenvalue weighted by atomic mass is 32.2. The number of aryl methyl sites for hydroxylation is 2. The average Bonchev–Trinajstić information content (AvgIpc) is 2.66. The van der Waals surface area contributed by atoms with E-state index in [2.05, 4.69) is 17.4 Å². The summed E-state index contributed by atoms with van der Waals surface area (Å²) < 4.78 is 25.4. The smallest absolute Gasteiger partial charge is 0.251 e. The molecule has 1 unspecified atom stereocenters. The molecule has 0 spiro atoms. The molecule has 0 saturated heterocycles. The van der Waals surface area contributed by atoms with Gasteiger partial charge in [0.1, 0.15) is 0 Å². The lowest BCUT2D eigenvalue weighted by molar-refractivity contribution is 0.0932. The van der Waals surface area contributed by atoms with E-state index in [4.69, 9.17) is 0 Å². The minimum atomic E-state index is -3.30. The van der Waals surface area contributed by atoms with Crippen LogP contribution in [0.1, 0.15) is 52.4 Å². The largest absolute Gasteiger partial charge is 0.345 e. The first-order chi connectivity index (χ1) is 12.9. The van der Waals surface area contributed by atoms with Crippen molar-refractivity contribution in [2.24, 2.45) is 0 Å². The Morgan fingerprint density at radius 3 is 2.67 bits per heavy atom. The molecule has 2 aromatic carbocycles. The molecule has 0 saturated carbocycles. The van der Waals surface area contributed by atoms with Gasteiger partial charge in [-0.05, 0) is 67.0 Å². The number of rotatable bonds is 3. The topological polar surface area (TPSA) is 66.5 Å². The lowest BCUT2D eigenvalue weighted by Crippen LogP contribution is -2.35. The van der Waals surface area contributed by atoms with E-state index >= 15 is 0 Å². The van der Waals surface area contributed by atoms with Crippen LogP contribution in [0.3, 0.4) is 0 Å². The lowest BCUT2D eigenvalue weighted by atomic mass is 9.87. The molecule has 0 fully saturated rings. The molecule has 0 bridgehead atoms. The quantitative estimate of drug-likeness (QED) is 0.884. The molecule has 0 radical (unpaired) electrons. The summed E-state index contributed by atoms with van der Waals surface area (Å²) in [6.07, 6.45) is 5.84. The molecule has 1 atom stereocenters. The summed E-state index contributed by atoms with van der Waals surface area (Å²) in [6.45, 7) is 0.496. The number of nitrogens with one attached hydrogen (secondary N) is 1.